The molecule has 0 aliphatic carbocycles. The monoisotopic (exact) mass is 334 g/mol. The maximum atomic E-state index is 10.1. The van der Waals surface area contributed by atoms with Crippen molar-refractivity contribution in [1.82, 2.24) is 0 Å². The van der Waals surface area contributed by atoms with Crippen molar-refractivity contribution in [2.75, 3.05) is 0 Å². The van der Waals surface area contributed by atoms with Gasteiger partial charge in [-0.25, -0.2) is 0 Å². The van der Waals surface area contributed by atoms with Crippen LogP contribution in [0, 0.1) is 0 Å². The first kappa shape index (κ1) is 27.8. The maximum Gasteiger partial charge on any atom is 2.00 e. The van der Waals surface area contributed by atoms with Crippen molar-refractivity contribution in [3.63, 3.8) is 0 Å². The minimum atomic E-state index is 0. The minimum Gasteiger partial charge on any atom is -1.00 e. The van der Waals surface area contributed by atoms with Gasteiger partial charge in [-0.3, -0.25) is 0 Å². The van der Waals surface area contributed by atoms with Gasteiger partial charge in [0, 0.05) is 6.42 Å². The van der Waals surface area contributed by atoms with Crippen LogP contribution in [-0.4, -0.2) is 44.0 Å². The summed E-state index contributed by atoms with van der Waals surface area (Å²) in [4.78, 5) is 10.1. The Hall–Kier alpha value is 1.93. The summed E-state index contributed by atoms with van der Waals surface area (Å²) >= 11 is 0. The second kappa shape index (κ2) is 26.8. The summed E-state index contributed by atoms with van der Waals surface area (Å²) < 4.78 is 0. The van der Waals surface area contributed by atoms with Gasteiger partial charge in [0.25, 0.3) is 0 Å². The fourth-order valence-corrected chi connectivity index (χ4v) is 2.60. The molecule has 0 saturated heterocycles. The summed E-state index contributed by atoms with van der Waals surface area (Å²) in [5.41, 5.74) is 0. The topological polar surface area (TPSA) is 17.1 Å². The normalized spacial score (nSPS) is 9.76. The Balaban J connectivity index is -0.000000162. The summed E-state index contributed by atoms with van der Waals surface area (Å²) in [7, 11) is 0. The zero-order valence-electron chi connectivity index (χ0n) is 18.0. The molecule has 0 atom stereocenters. The Morgan fingerprint density at radius 2 is 0.905 bits per heavy atom. The van der Waals surface area contributed by atoms with Crippen molar-refractivity contribution in [1.29, 1.82) is 0 Å². The maximum absolute atomic E-state index is 10.1. The predicted molar refractivity (Wildman–Crippen MR) is 94.7 cm³/mol. The quantitative estimate of drug-likeness (QED) is 0.240. The fourth-order valence-electron chi connectivity index (χ4n) is 2.60. The number of hydrogen-bond donors (Lipinski definition) is 0. The number of carbonyl (C=O) groups is 1. The summed E-state index contributed by atoms with van der Waals surface area (Å²) in [6.45, 7) is 2.28. The second-order valence-corrected chi connectivity index (χ2v) is 5.91. The van der Waals surface area contributed by atoms with Crippen LogP contribution in [0.4, 0.5) is 0 Å². The van der Waals surface area contributed by atoms with Crippen molar-refractivity contribution in [2.45, 2.75) is 110 Å². The Kier molecular flexibility index (Phi) is 35.4. The molecule has 0 heterocycles. The standard InChI is InChI=1S/C18H36O.Ca.Na.3H/c1-2-3-4-5-6-7-8-9-10-11-12-13-14-15-16-17-18-19;;;;;/h18H,2-17H2,1H3;;;;;/q;+2;+1;3*-1. The smallest absolute Gasteiger partial charge is 1.00 e. The van der Waals surface area contributed by atoms with Crippen LogP contribution in [0.15, 0.2) is 0 Å². The molecule has 0 radical (unpaired) electrons. The molecule has 21 heavy (non-hydrogen) atoms. The van der Waals surface area contributed by atoms with Crippen LogP contribution in [-0.2, 0) is 4.79 Å². The average Bonchev–Trinajstić information content (AvgIpc) is 2.43. The van der Waals surface area contributed by atoms with Crippen molar-refractivity contribution < 1.29 is 38.6 Å². The molecule has 120 valence electrons. The molecule has 0 fully saturated rings. The third kappa shape index (κ3) is 27.1. The zero-order valence-corrected chi connectivity index (χ0v) is 19.2. The van der Waals surface area contributed by atoms with Crippen molar-refractivity contribution in [3.05, 3.63) is 0 Å². The molecule has 0 aliphatic rings. The number of carbonyl (C=O) groups excluding carboxylic acids is 1. The summed E-state index contributed by atoms with van der Waals surface area (Å²) in [6.07, 6.45) is 22.6. The summed E-state index contributed by atoms with van der Waals surface area (Å²) in [6, 6.07) is 0. The third-order valence-electron chi connectivity index (χ3n) is 3.93. The SMILES string of the molecule is CCCCCCCCCCCCCCCCCC=O.[Ca+2].[H-].[H-].[H-].[Na+]. The first-order chi connectivity index (χ1) is 9.41. The first-order valence-electron chi connectivity index (χ1n) is 8.85. The van der Waals surface area contributed by atoms with Crippen molar-refractivity contribution >= 4 is 44.0 Å². The molecule has 0 rings (SSSR count). The molecular formula is C18H39CaNaO. The second-order valence-electron chi connectivity index (χ2n) is 5.91. The molecule has 3 heteroatoms. The van der Waals surface area contributed by atoms with Crippen LogP contribution in [0.2, 0.25) is 0 Å². The molecule has 0 aliphatic heterocycles. The van der Waals surface area contributed by atoms with Crippen LogP contribution in [0.5, 0.6) is 0 Å². The van der Waals surface area contributed by atoms with E-state index < -0.39 is 0 Å². The minimum absolute atomic E-state index is 0. The van der Waals surface area contributed by atoms with Crippen LogP contribution in [0.1, 0.15) is 114 Å². The van der Waals surface area contributed by atoms with Crippen molar-refractivity contribution in [2.24, 2.45) is 0 Å². The van der Waals surface area contributed by atoms with E-state index in [0.717, 1.165) is 19.1 Å². The Labute approximate surface area is 190 Å². The van der Waals surface area contributed by atoms with Gasteiger partial charge in [0.2, 0.25) is 0 Å². The predicted octanol–water partition coefficient (Wildman–Crippen LogP) is 3.41. The number of aldehydes is 1. The fraction of sp³-hybridized carbons (Fsp3) is 0.944. The van der Waals surface area contributed by atoms with E-state index >= 15 is 0 Å². The van der Waals surface area contributed by atoms with E-state index in [1.807, 2.05) is 0 Å². The zero-order chi connectivity index (χ0) is 14.0. The Morgan fingerprint density at radius 3 is 1.19 bits per heavy atom. The van der Waals surface area contributed by atoms with Gasteiger partial charge in [0.1, 0.15) is 6.29 Å². The molecule has 0 aromatic carbocycles. The van der Waals surface area contributed by atoms with Crippen LogP contribution in [0.25, 0.3) is 0 Å². The molecule has 0 unspecified atom stereocenters. The van der Waals surface area contributed by atoms with E-state index in [9.17, 15) is 4.79 Å². The number of unbranched alkanes of at least 4 members (excludes halogenated alkanes) is 15. The molecule has 0 spiro atoms. The van der Waals surface area contributed by atoms with Crippen LogP contribution >= 0.6 is 0 Å². The van der Waals surface area contributed by atoms with E-state index in [0.29, 0.717) is 0 Å². The van der Waals surface area contributed by atoms with Crippen molar-refractivity contribution in [3.8, 4) is 0 Å². The Morgan fingerprint density at radius 1 is 0.619 bits per heavy atom. The van der Waals surface area contributed by atoms with Gasteiger partial charge in [0.05, 0.1) is 0 Å². The van der Waals surface area contributed by atoms with E-state index in [-0.39, 0.29) is 71.6 Å². The largest absolute Gasteiger partial charge is 2.00 e. The number of rotatable bonds is 16. The van der Waals surface area contributed by atoms with Crippen LogP contribution < -0.4 is 29.6 Å². The molecule has 1 nitrogen and oxygen atoms in total. The first-order valence-corrected chi connectivity index (χ1v) is 8.85. The summed E-state index contributed by atoms with van der Waals surface area (Å²) in [5.74, 6) is 0. The van der Waals surface area contributed by atoms with E-state index in [1.165, 1.54) is 89.9 Å². The molecule has 0 bridgehead atoms. The molecule has 0 aromatic heterocycles. The van der Waals surface area contributed by atoms with Gasteiger partial charge in [-0.1, -0.05) is 96.8 Å². The van der Waals surface area contributed by atoms with E-state index in [2.05, 4.69) is 6.92 Å². The molecular weight excluding hydrogens is 295 g/mol. The van der Waals surface area contributed by atoms with E-state index in [1.54, 1.807) is 0 Å². The third-order valence-corrected chi connectivity index (χ3v) is 3.93. The van der Waals surface area contributed by atoms with Gasteiger partial charge < -0.3 is 9.07 Å². The average molecular weight is 335 g/mol. The molecule has 0 amide bonds. The van der Waals surface area contributed by atoms with Gasteiger partial charge in [-0.2, -0.15) is 0 Å². The molecule has 0 N–H and O–H groups in total. The molecule has 0 aromatic rings. The molecule has 0 saturated carbocycles. The van der Waals surface area contributed by atoms with Crippen LogP contribution in [0.3, 0.4) is 0 Å². The van der Waals surface area contributed by atoms with Gasteiger partial charge in [0.15, 0.2) is 0 Å². The van der Waals surface area contributed by atoms with Gasteiger partial charge in [-0.15, -0.1) is 0 Å². The Bertz CT molecular complexity index is 190. The summed E-state index contributed by atoms with van der Waals surface area (Å²) in [5, 5.41) is 0. The number of hydrogen-bond acceptors (Lipinski definition) is 1. The van der Waals surface area contributed by atoms with Gasteiger partial charge in [-0.05, 0) is 6.42 Å². The van der Waals surface area contributed by atoms with Gasteiger partial charge >= 0.3 is 67.3 Å². The van der Waals surface area contributed by atoms with E-state index in [4.69, 9.17) is 0 Å².